The van der Waals surface area contributed by atoms with Gasteiger partial charge in [-0.1, -0.05) is 0 Å². The van der Waals surface area contributed by atoms with Gasteiger partial charge in [0.05, 0.1) is 6.21 Å². The van der Waals surface area contributed by atoms with Gasteiger partial charge >= 0.3 is 0 Å². The molecule has 1 aromatic carbocycles. The average Bonchev–Trinajstić information content (AvgIpc) is 2.45. The van der Waals surface area contributed by atoms with Gasteiger partial charge in [0.1, 0.15) is 11.9 Å². The molecule has 0 aliphatic carbocycles. The Morgan fingerprint density at radius 1 is 1.27 bits per heavy atom. The second kappa shape index (κ2) is 8.78. The maximum absolute atomic E-state index is 11.4. The molecule has 120 valence electrons. The summed E-state index contributed by atoms with van der Waals surface area (Å²) in [6.07, 6.45) is 0.333. The van der Waals surface area contributed by atoms with E-state index >= 15 is 0 Å². The van der Waals surface area contributed by atoms with E-state index in [1.165, 1.54) is 13.1 Å². The molecular weight excluding hydrogens is 286 g/mol. The number of rotatable bonds is 7. The Kier molecular flexibility index (Phi) is 7.04. The molecular formula is C15H21N3O4. The third-order valence-electron chi connectivity index (χ3n) is 2.47. The van der Waals surface area contributed by atoms with Crippen molar-refractivity contribution in [3.8, 4) is 5.75 Å². The highest BCUT2D eigenvalue weighted by Gasteiger charge is 2.06. The standard InChI is InChI=1S/C15H21N3O4/c1-10(2)17-14(20)9-22-13-6-4-12(5-7-13)8-16-18-15(21)11(3)19/h4-8,10-11,19H,9H2,1-3H3,(H,17,20)(H,18,21)/b16-8-/t11-/m0/s1. The molecule has 0 saturated heterocycles. The monoisotopic (exact) mass is 307 g/mol. The van der Waals surface area contributed by atoms with Gasteiger partial charge in [0.15, 0.2) is 6.61 Å². The Morgan fingerprint density at radius 2 is 1.91 bits per heavy atom. The molecule has 22 heavy (non-hydrogen) atoms. The van der Waals surface area contributed by atoms with Crippen LogP contribution in [0.25, 0.3) is 0 Å². The van der Waals surface area contributed by atoms with Gasteiger partial charge in [-0.2, -0.15) is 5.10 Å². The van der Waals surface area contributed by atoms with Crippen LogP contribution in [0.5, 0.6) is 5.75 Å². The van der Waals surface area contributed by atoms with Gasteiger partial charge in [0, 0.05) is 6.04 Å². The first-order chi connectivity index (χ1) is 10.4. The largest absolute Gasteiger partial charge is 0.484 e. The maximum atomic E-state index is 11.4. The fourth-order valence-electron chi connectivity index (χ4n) is 1.43. The van der Waals surface area contributed by atoms with Crippen molar-refractivity contribution < 1.29 is 19.4 Å². The lowest BCUT2D eigenvalue weighted by Crippen LogP contribution is -2.34. The topological polar surface area (TPSA) is 100 Å². The summed E-state index contributed by atoms with van der Waals surface area (Å²) in [5.41, 5.74) is 2.94. The fraction of sp³-hybridized carbons (Fsp3) is 0.400. The molecule has 0 aromatic heterocycles. The molecule has 1 atom stereocenters. The Hall–Kier alpha value is -2.41. The number of amides is 2. The first kappa shape index (κ1) is 17.6. The summed E-state index contributed by atoms with van der Waals surface area (Å²) in [4.78, 5) is 22.5. The second-order valence-electron chi connectivity index (χ2n) is 4.99. The first-order valence-corrected chi connectivity index (χ1v) is 6.91. The van der Waals surface area contributed by atoms with E-state index in [0.717, 1.165) is 5.56 Å². The maximum Gasteiger partial charge on any atom is 0.268 e. The molecule has 1 rings (SSSR count). The third kappa shape index (κ3) is 6.85. The van der Waals surface area contributed by atoms with E-state index in [4.69, 9.17) is 9.84 Å². The van der Waals surface area contributed by atoms with Crippen LogP contribution in [0.3, 0.4) is 0 Å². The quantitative estimate of drug-likeness (QED) is 0.502. The van der Waals surface area contributed by atoms with Crippen LogP contribution in [0, 0.1) is 0 Å². The van der Waals surface area contributed by atoms with E-state index in [0.29, 0.717) is 5.75 Å². The molecule has 0 unspecified atom stereocenters. The van der Waals surface area contributed by atoms with Gasteiger partial charge in [0.2, 0.25) is 0 Å². The van der Waals surface area contributed by atoms with Crippen LogP contribution in [0.15, 0.2) is 29.4 Å². The smallest absolute Gasteiger partial charge is 0.268 e. The van der Waals surface area contributed by atoms with Crippen LogP contribution in [-0.4, -0.2) is 41.9 Å². The van der Waals surface area contributed by atoms with E-state index < -0.39 is 12.0 Å². The number of carbonyl (C=O) groups is 2. The van der Waals surface area contributed by atoms with Crippen LogP contribution in [-0.2, 0) is 9.59 Å². The molecule has 0 bridgehead atoms. The van der Waals surface area contributed by atoms with Gasteiger partial charge < -0.3 is 15.2 Å². The lowest BCUT2D eigenvalue weighted by Gasteiger charge is -2.09. The lowest BCUT2D eigenvalue weighted by atomic mass is 10.2. The van der Waals surface area contributed by atoms with Gasteiger partial charge in [-0.25, -0.2) is 5.43 Å². The second-order valence-corrected chi connectivity index (χ2v) is 4.99. The molecule has 3 N–H and O–H groups in total. The highest BCUT2D eigenvalue weighted by molar-refractivity contribution is 5.84. The molecule has 0 saturated carbocycles. The Bertz CT molecular complexity index is 524. The van der Waals surface area contributed by atoms with E-state index in [1.54, 1.807) is 24.3 Å². The number of aliphatic hydroxyl groups is 1. The zero-order valence-electron chi connectivity index (χ0n) is 12.9. The number of hydrazone groups is 1. The molecule has 7 nitrogen and oxygen atoms in total. The Balaban J connectivity index is 2.44. The highest BCUT2D eigenvalue weighted by Crippen LogP contribution is 2.10. The molecule has 0 spiro atoms. The van der Waals surface area contributed by atoms with Gasteiger partial charge in [-0.3, -0.25) is 9.59 Å². The average molecular weight is 307 g/mol. The number of nitrogens with zero attached hydrogens (tertiary/aromatic N) is 1. The molecule has 7 heteroatoms. The summed E-state index contributed by atoms with van der Waals surface area (Å²) in [6, 6.07) is 6.93. The summed E-state index contributed by atoms with van der Waals surface area (Å²) >= 11 is 0. The summed E-state index contributed by atoms with van der Waals surface area (Å²) < 4.78 is 5.34. The van der Waals surface area contributed by atoms with E-state index in [9.17, 15) is 9.59 Å². The van der Waals surface area contributed by atoms with Crippen molar-refractivity contribution in [2.75, 3.05) is 6.61 Å². The number of hydrogen-bond acceptors (Lipinski definition) is 5. The van der Waals surface area contributed by atoms with Gasteiger partial charge in [0.25, 0.3) is 11.8 Å². The van der Waals surface area contributed by atoms with Crippen molar-refractivity contribution in [1.29, 1.82) is 0 Å². The molecule has 0 aliphatic heterocycles. The van der Waals surface area contributed by atoms with Crippen molar-refractivity contribution in [2.45, 2.75) is 32.9 Å². The number of ether oxygens (including phenoxy) is 1. The van der Waals surface area contributed by atoms with Crippen LogP contribution in [0.2, 0.25) is 0 Å². The van der Waals surface area contributed by atoms with E-state index in [-0.39, 0.29) is 18.6 Å². The van der Waals surface area contributed by atoms with Crippen LogP contribution in [0.1, 0.15) is 26.3 Å². The predicted molar refractivity (Wildman–Crippen MR) is 82.6 cm³/mol. The normalized spacial score (nSPS) is 12.2. The van der Waals surface area contributed by atoms with E-state index in [1.807, 2.05) is 13.8 Å². The minimum absolute atomic E-state index is 0.0456. The lowest BCUT2D eigenvalue weighted by molar-refractivity contribution is -0.128. The molecule has 0 radical (unpaired) electrons. The molecule has 1 aromatic rings. The molecule has 0 heterocycles. The predicted octanol–water partition coefficient (Wildman–Crippen LogP) is 0.421. The number of hydrogen-bond donors (Lipinski definition) is 3. The minimum Gasteiger partial charge on any atom is -0.484 e. The zero-order valence-corrected chi connectivity index (χ0v) is 12.9. The van der Waals surface area contributed by atoms with Crippen molar-refractivity contribution in [3.63, 3.8) is 0 Å². The minimum atomic E-state index is -1.11. The highest BCUT2D eigenvalue weighted by atomic mass is 16.5. The number of benzene rings is 1. The molecule has 0 fully saturated rings. The number of nitrogens with one attached hydrogen (secondary N) is 2. The van der Waals surface area contributed by atoms with Crippen molar-refractivity contribution in [1.82, 2.24) is 10.7 Å². The SMILES string of the molecule is CC(C)NC(=O)COc1ccc(/C=N\NC(=O)[C@H](C)O)cc1. The van der Waals surface area contributed by atoms with Crippen LogP contribution in [0.4, 0.5) is 0 Å². The summed E-state index contributed by atoms with van der Waals surface area (Å²) in [5.74, 6) is -0.196. The molecule has 2 amide bonds. The van der Waals surface area contributed by atoms with Gasteiger partial charge in [-0.15, -0.1) is 0 Å². The van der Waals surface area contributed by atoms with Crippen molar-refractivity contribution in [3.05, 3.63) is 29.8 Å². The van der Waals surface area contributed by atoms with Crippen LogP contribution < -0.4 is 15.5 Å². The Labute approximate surface area is 129 Å². The first-order valence-electron chi connectivity index (χ1n) is 6.91. The van der Waals surface area contributed by atoms with Gasteiger partial charge in [-0.05, 0) is 50.6 Å². The number of carbonyl (C=O) groups excluding carboxylic acids is 2. The molecule has 0 aliphatic rings. The van der Waals surface area contributed by atoms with Crippen LogP contribution >= 0.6 is 0 Å². The third-order valence-corrected chi connectivity index (χ3v) is 2.47. The Morgan fingerprint density at radius 3 is 2.45 bits per heavy atom. The van der Waals surface area contributed by atoms with Crippen molar-refractivity contribution >= 4 is 18.0 Å². The summed E-state index contributed by atoms with van der Waals surface area (Å²) in [6.45, 7) is 5.06. The number of aliphatic hydroxyl groups excluding tert-OH is 1. The summed E-state index contributed by atoms with van der Waals surface area (Å²) in [7, 11) is 0. The van der Waals surface area contributed by atoms with E-state index in [2.05, 4.69) is 15.8 Å². The summed E-state index contributed by atoms with van der Waals surface area (Å²) in [5, 5.41) is 15.4. The van der Waals surface area contributed by atoms with Crippen molar-refractivity contribution in [2.24, 2.45) is 5.10 Å². The fourth-order valence-corrected chi connectivity index (χ4v) is 1.43. The zero-order chi connectivity index (χ0) is 16.5.